The third-order valence-electron chi connectivity index (χ3n) is 3.58. The minimum absolute atomic E-state index is 0.0323. The van der Waals surface area contributed by atoms with Crippen LogP contribution >= 0.6 is 15.9 Å². The molecule has 0 aromatic heterocycles. The van der Waals surface area contributed by atoms with Crippen LogP contribution in [0, 0.1) is 13.8 Å². The Morgan fingerprint density at radius 3 is 2.35 bits per heavy atom. The fourth-order valence-corrected chi connectivity index (χ4v) is 3.14. The number of nitrogens with two attached hydrogens (primary N) is 1. The van der Waals surface area contributed by atoms with Gasteiger partial charge in [0, 0.05) is 28.9 Å². The van der Waals surface area contributed by atoms with Crippen LogP contribution in [0.15, 0.2) is 40.9 Å². The molecular formula is C17H21BrN2. The van der Waals surface area contributed by atoms with Gasteiger partial charge in [0.1, 0.15) is 0 Å². The SMILES string of the molecule is Cc1ccc(N(C)c2ccc([C@@H](C)N)c(Br)c2)c(C)c1. The summed E-state index contributed by atoms with van der Waals surface area (Å²) in [4.78, 5) is 2.20. The van der Waals surface area contributed by atoms with Crippen molar-refractivity contribution >= 4 is 27.3 Å². The predicted molar refractivity (Wildman–Crippen MR) is 90.7 cm³/mol. The van der Waals surface area contributed by atoms with Crippen LogP contribution in [0.5, 0.6) is 0 Å². The van der Waals surface area contributed by atoms with Crippen LogP contribution in [0.3, 0.4) is 0 Å². The zero-order valence-corrected chi connectivity index (χ0v) is 14.0. The number of benzene rings is 2. The van der Waals surface area contributed by atoms with Gasteiger partial charge < -0.3 is 10.6 Å². The second-order valence-electron chi connectivity index (χ2n) is 5.34. The molecule has 0 bridgehead atoms. The summed E-state index contributed by atoms with van der Waals surface area (Å²) in [5, 5.41) is 0. The molecule has 2 rings (SSSR count). The van der Waals surface area contributed by atoms with Crippen molar-refractivity contribution in [2.45, 2.75) is 26.8 Å². The highest BCUT2D eigenvalue weighted by molar-refractivity contribution is 9.10. The molecule has 1 atom stereocenters. The maximum atomic E-state index is 5.95. The molecule has 2 aromatic carbocycles. The van der Waals surface area contributed by atoms with E-state index in [0.717, 1.165) is 15.7 Å². The summed E-state index contributed by atoms with van der Waals surface area (Å²) in [5.41, 5.74) is 12.0. The molecule has 0 aliphatic heterocycles. The van der Waals surface area contributed by atoms with Crippen molar-refractivity contribution in [2.24, 2.45) is 5.73 Å². The van der Waals surface area contributed by atoms with Crippen molar-refractivity contribution in [3.63, 3.8) is 0 Å². The largest absolute Gasteiger partial charge is 0.344 e. The van der Waals surface area contributed by atoms with E-state index in [-0.39, 0.29) is 6.04 Å². The van der Waals surface area contributed by atoms with Crippen molar-refractivity contribution in [3.8, 4) is 0 Å². The number of rotatable bonds is 3. The Morgan fingerprint density at radius 1 is 1.10 bits per heavy atom. The molecular weight excluding hydrogens is 312 g/mol. The average Bonchev–Trinajstić information content (AvgIpc) is 2.37. The fourth-order valence-electron chi connectivity index (χ4n) is 2.41. The van der Waals surface area contributed by atoms with Gasteiger partial charge in [0.15, 0.2) is 0 Å². The third-order valence-corrected chi connectivity index (χ3v) is 4.26. The first-order chi connectivity index (χ1) is 9.40. The zero-order chi connectivity index (χ0) is 14.9. The highest BCUT2D eigenvalue weighted by Crippen LogP contribution is 2.32. The van der Waals surface area contributed by atoms with E-state index in [2.05, 4.69) is 78.1 Å². The van der Waals surface area contributed by atoms with Gasteiger partial charge in [-0.25, -0.2) is 0 Å². The van der Waals surface area contributed by atoms with E-state index in [1.165, 1.54) is 16.8 Å². The number of aryl methyl sites for hydroxylation is 2. The van der Waals surface area contributed by atoms with Gasteiger partial charge in [-0.05, 0) is 50.1 Å². The number of halogens is 1. The smallest absolute Gasteiger partial charge is 0.0437 e. The molecule has 0 aliphatic rings. The first-order valence-electron chi connectivity index (χ1n) is 6.76. The fraction of sp³-hybridized carbons (Fsp3) is 0.294. The van der Waals surface area contributed by atoms with Gasteiger partial charge in [-0.3, -0.25) is 0 Å². The second-order valence-corrected chi connectivity index (χ2v) is 6.20. The monoisotopic (exact) mass is 332 g/mol. The van der Waals surface area contributed by atoms with E-state index in [4.69, 9.17) is 5.73 Å². The molecule has 2 nitrogen and oxygen atoms in total. The van der Waals surface area contributed by atoms with Crippen molar-refractivity contribution in [1.29, 1.82) is 0 Å². The van der Waals surface area contributed by atoms with Crippen LogP contribution in [-0.4, -0.2) is 7.05 Å². The highest BCUT2D eigenvalue weighted by atomic mass is 79.9. The second kappa shape index (κ2) is 5.98. The number of hydrogen-bond acceptors (Lipinski definition) is 2. The number of anilines is 2. The van der Waals surface area contributed by atoms with Gasteiger partial charge in [0.25, 0.3) is 0 Å². The van der Waals surface area contributed by atoms with Gasteiger partial charge >= 0.3 is 0 Å². The van der Waals surface area contributed by atoms with Crippen molar-refractivity contribution in [1.82, 2.24) is 0 Å². The summed E-state index contributed by atoms with van der Waals surface area (Å²) in [6.45, 7) is 6.25. The molecule has 0 aliphatic carbocycles. The Balaban J connectivity index is 2.38. The molecule has 0 saturated heterocycles. The summed E-state index contributed by atoms with van der Waals surface area (Å²) in [7, 11) is 2.09. The summed E-state index contributed by atoms with van der Waals surface area (Å²) in [6.07, 6.45) is 0. The van der Waals surface area contributed by atoms with Crippen molar-refractivity contribution in [3.05, 3.63) is 57.6 Å². The third kappa shape index (κ3) is 3.05. The molecule has 2 aromatic rings. The van der Waals surface area contributed by atoms with Crippen LogP contribution in [-0.2, 0) is 0 Å². The van der Waals surface area contributed by atoms with E-state index in [0.29, 0.717) is 0 Å². The first-order valence-corrected chi connectivity index (χ1v) is 7.55. The summed E-state index contributed by atoms with van der Waals surface area (Å²) >= 11 is 3.61. The normalized spacial score (nSPS) is 12.3. The van der Waals surface area contributed by atoms with Crippen molar-refractivity contribution in [2.75, 3.05) is 11.9 Å². The van der Waals surface area contributed by atoms with E-state index >= 15 is 0 Å². The molecule has 0 heterocycles. The van der Waals surface area contributed by atoms with Crippen molar-refractivity contribution < 1.29 is 0 Å². The topological polar surface area (TPSA) is 29.3 Å². The molecule has 0 saturated carbocycles. The number of hydrogen-bond donors (Lipinski definition) is 1. The molecule has 3 heteroatoms. The molecule has 0 spiro atoms. The van der Waals surface area contributed by atoms with E-state index in [9.17, 15) is 0 Å². The Kier molecular flexibility index (Phi) is 4.51. The first kappa shape index (κ1) is 15.1. The zero-order valence-electron chi connectivity index (χ0n) is 12.4. The Labute approximate surface area is 129 Å². The van der Waals surface area contributed by atoms with E-state index in [1.807, 2.05) is 6.92 Å². The van der Waals surface area contributed by atoms with Crippen LogP contribution in [0.25, 0.3) is 0 Å². The minimum atomic E-state index is 0.0323. The maximum Gasteiger partial charge on any atom is 0.0437 e. The molecule has 106 valence electrons. The van der Waals surface area contributed by atoms with E-state index in [1.54, 1.807) is 0 Å². The molecule has 0 fully saturated rings. The Morgan fingerprint density at radius 2 is 1.80 bits per heavy atom. The molecule has 0 radical (unpaired) electrons. The summed E-state index contributed by atoms with van der Waals surface area (Å²) < 4.78 is 1.06. The maximum absolute atomic E-state index is 5.95. The van der Waals surface area contributed by atoms with Crippen LogP contribution < -0.4 is 10.6 Å². The molecule has 20 heavy (non-hydrogen) atoms. The molecule has 0 unspecified atom stereocenters. The Hall–Kier alpha value is -1.32. The summed E-state index contributed by atoms with van der Waals surface area (Å²) in [5.74, 6) is 0. The average molecular weight is 333 g/mol. The van der Waals surface area contributed by atoms with Gasteiger partial charge in [0.05, 0.1) is 0 Å². The Bertz CT molecular complexity index is 620. The minimum Gasteiger partial charge on any atom is -0.344 e. The lowest BCUT2D eigenvalue weighted by atomic mass is 10.1. The molecule has 2 N–H and O–H groups in total. The van der Waals surface area contributed by atoms with Crippen LogP contribution in [0.4, 0.5) is 11.4 Å². The van der Waals surface area contributed by atoms with Gasteiger partial charge in [-0.1, -0.05) is 39.7 Å². The lowest BCUT2D eigenvalue weighted by Crippen LogP contribution is -2.12. The van der Waals surface area contributed by atoms with Crippen LogP contribution in [0.1, 0.15) is 29.7 Å². The van der Waals surface area contributed by atoms with Gasteiger partial charge in [-0.2, -0.15) is 0 Å². The predicted octanol–water partition coefficient (Wildman–Crippen LogP) is 4.85. The van der Waals surface area contributed by atoms with E-state index < -0.39 is 0 Å². The van der Waals surface area contributed by atoms with Gasteiger partial charge in [-0.15, -0.1) is 0 Å². The van der Waals surface area contributed by atoms with Crippen LogP contribution in [0.2, 0.25) is 0 Å². The lowest BCUT2D eigenvalue weighted by Gasteiger charge is -2.23. The van der Waals surface area contributed by atoms with Gasteiger partial charge in [0.2, 0.25) is 0 Å². The number of nitrogens with zero attached hydrogens (tertiary/aromatic N) is 1. The quantitative estimate of drug-likeness (QED) is 0.870. The lowest BCUT2D eigenvalue weighted by molar-refractivity contribution is 0.813. The summed E-state index contributed by atoms with van der Waals surface area (Å²) in [6, 6.07) is 12.9. The highest BCUT2D eigenvalue weighted by Gasteiger charge is 2.10. The standard InChI is InChI=1S/C17H21BrN2/c1-11-5-8-17(12(2)9-11)20(4)14-6-7-15(13(3)19)16(18)10-14/h5-10,13H,19H2,1-4H3/t13-/m1/s1. The molecule has 0 amide bonds.